The zero-order valence-corrected chi connectivity index (χ0v) is 10.1. The third-order valence-corrected chi connectivity index (χ3v) is 2.65. The second-order valence-corrected chi connectivity index (χ2v) is 3.62. The van der Waals surface area contributed by atoms with Gasteiger partial charge < -0.3 is 10.1 Å². The van der Waals surface area contributed by atoms with E-state index in [0.29, 0.717) is 0 Å². The maximum Gasteiger partial charge on any atom is 0.161 e. The Labute approximate surface area is 99.7 Å². The van der Waals surface area contributed by atoms with Crippen molar-refractivity contribution in [3.05, 3.63) is 36.2 Å². The smallest absolute Gasteiger partial charge is 0.161 e. The number of nitrogens with zero attached hydrogens (tertiary/aromatic N) is 4. The van der Waals surface area contributed by atoms with Gasteiger partial charge in [0.1, 0.15) is 12.0 Å². The average molecular weight is 233 g/mol. The van der Waals surface area contributed by atoms with Crippen LogP contribution in [0.25, 0.3) is 0 Å². The summed E-state index contributed by atoms with van der Waals surface area (Å²) in [6.07, 6.45) is 6.77. The van der Waals surface area contributed by atoms with Crippen LogP contribution in [0.3, 0.4) is 0 Å². The normalized spacial score (nSPS) is 12.4. The molecule has 0 radical (unpaired) electrons. The summed E-state index contributed by atoms with van der Waals surface area (Å²) in [5.74, 6) is 0.746. The molecule has 0 aliphatic rings. The van der Waals surface area contributed by atoms with Crippen molar-refractivity contribution in [1.29, 1.82) is 0 Å². The summed E-state index contributed by atoms with van der Waals surface area (Å²) in [6.45, 7) is 0. The lowest BCUT2D eigenvalue weighted by Crippen LogP contribution is -2.21. The standard InChI is InChI=1S/C11H15N5O/c1-12-10(8-4-13-7-14-5-8)11-9(17-3)6-15-16(11)2/h4-7,10,12H,1-3H3. The zero-order chi connectivity index (χ0) is 12.3. The van der Waals surface area contributed by atoms with Crippen molar-refractivity contribution >= 4 is 0 Å². The van der Waals surface area contributed by atoms with E-state index in [4.69, 9.17) is 4.74 Å². The van der Waals surface area contributed by atoms with Crippen molar-refractivity contribution in [1.82, 2.24) is 25.1 Å². The Morgan fingerprint density at radius 3 is 2.59 bits per heavy atom. The molecule has 0 aliphatic carbocycles. The van der Waals surface area contributed by atoms with Crippen LogP contribution >= 0.6 is 0 Å². The first kappa shape index (κ1) is 11.5. The third-order valence-electron chi connectivity index (χ3n) is 2.65. The number of nitrogens with one attached hydrogen (secondary N) is 1. The van der Waals surface area contributed by atoms with Crippen LogP contribution in [0.1, 0.15) is 17.3 Å². The first-order valence-corrected chi connectivity index (χ1v) is 5.26. The van der Waals surface area contributed by atoms with E-state index in [0.717, 1.165) is 17.0 Å². The molecule has 0 aromatic carbocycles. The van der Waals surface area contributed by atoms with Crippen LogP contribution in [0.15, 0.2) is 24.9 Å². The molecule has 0 fully saturated rings. The van der Waals surface area contributed by atoms with Gasteiger partial charge in [-0.3, -0.25) is 4.68 Å². The van der Waals surface area contributed by atoms with Gasteiger partial charge in [0.25, 0.3) is 0 Å². The number of aromatic nitrogens is 4. The highest BCUT2D eigenvalue weighted by atomic mass is 16.5. The highest BCUT2D eigenvalue weighted by Crippen LogP contribution is 2.28. The second-order valence-electron chi connectivity index (χ2n) is 3.62. The van der Waals surface area contributed by atoms with E-state index in [2.05, 4.69) is 20.4 Å². The van der Waals surface area contributed by atoms with Gasteiger partial charge in [-0.2, -0.15) is 5.10 Å². The molecule has 0 amide bonds. The van der Waals surface area contributed by atoms with Crippen LogP contribution in [0.2, 0.25) is 0 Å². The molecule has 0 aliphatic heterocycles. The van der Waals surface area contributed by atoms with Gasteiger partial charge in [0.2, 0.25) is 0 Å². The first-order valence-electron chi connectivity index (χ1n) is 5.26. The highest BCUT2D eigenvalue weighted by molar-refractivity contribution is 5.34. The SMILES string of the molecule is CNC(c1cncnc1)c1c(OC)cnn1C. The Balaban J connectivity index is 2.45. The van der Waals surface area contributed by atoms with Gasteiger partial charge in [-0.05, 0) is 7.05 Å². The van der Waals surface area contributed by atoms with Crippen LogP contribution in [-0.4, -0.2) is 33.9 Å². The van der Waals surface area contributed by atoms with Crippen molar-refractivity contribution in [3.63, 3.8) is 0 Å². The van der Waals surface area contributed by atoms with E-state index in [-0.39, 0.29) is 6.04 Å². The largest absolute Gasteiger partial charge is 0.493 e. The van der Waals surface area contributed by atoms with Crippen molar-refractivity contribution in [3.8, 4) is 5.75 Å². The predicted molar refractivity (Wildman–Crippen MR) is 62.7 cm³/mol. The molecule has 1 atom stereocenters. The van der Waals surface area contributed by atoms with Gasteiger partial charge in [0.15, 0.2) is 5.75 Å². The van der Waals surface area contributed by atoms with Gasteiger partial charge in [-0.25, -0.2) is 9.97 Å². The number of rotatable bonds is 4. The average Bonchev–Trinajstić information content (AvgIpc) is 2.74. The third kappa shape index (κ3) is 2.12. The second kappa shape index (κ2) is 4.92. The Morgan fingerprint density at radius 1 is 1.29 bits per heavy atom. The van der Waals surface area contributed by atoms with Crippen LogP contribution in [0.4, 0.5) is 0 Å². The maximum absolute atomic E-state index is 5.31. The lowest BCUT2D eigenvalue weighted by Gasteiger charge is -2.17. The fourth-order valence-electron chi connectivity index (χ4n) is 1.83. The molecule has 2 aromatic heterocycles. The van der Waals surface area contributed by atoms with Crippen molar-refractivity contribution < 1.29 is 4.74 Å². The van der Waals surface area contributed by atoms with Gasteiger partial charge in [-0.15, -0.1) is 0 Å². The molecule has 6 heteroatoms. The van der Waals surface area contributed by atoms with Crippen LogP contribution in [0.5, 0.6) is 5.75 Å². The molecule has 6 nitrogen and oxygen atoms in total. The number of ether oxygens (including phenoxy) is 1. The van der Waals surface area contributed by atoms with E-state index in [1.807, 2.05) is 14.1 Å². The topological polar surface area (TPSA) is 64.9 Å². The minimum Gasteiger partial charge on any atom is -0.493 e. The van der Waals surface area contributed by atoms with Gasteiger partial charge in [0, 0.05) is 25.0 Å². The first-order chi connectivity index (χ1) is 8.27. The van der Waals surface area contributed by atoms with Gasteiger partial charge in [-0.1, -0.05) is 0 Å². The van der Waals surface area contributed by atoms with E-state index in [1.54, 1.807) is 30.4 Å². The monoisotopic (exact) mass is 233 g/mol. The molecule has 2 heterocycles. The van der Waals surface area contributed by atoms with Crippen LogP contribution in [-0.2, 0) is 7.05 Å². The number of aryl methyl sites for hydroxylation is 1. The molecule has 0 saturated heterocycles. The summed E-state index contributed by atoms with van der Waals surface area (Å²) in [7, 11) is 5.39. The van der Waals surface area contributed by atoms with Gasteiger partial charge >= 0.3 is 0 Å². The Morgan fingerprint density at radius 2 is 2.00 bits per heavy atom. The lowest BCUT2D eigenvalue weighted by molar-refractivity contribution is 0.402. The summed E-state index contributed by atoms with van der Waals surface area (Å²) in [6, 6.07) is -0.0429. The molecular weight excluding hydrogens is 218 g/mol. The quantitative estimate of drug-likeness (QED) is 0.834. The van der Waals surface area contributed by atoms with E-state index >= 15 is 0 Å². The molecule has 2 rings (SSSR count). The van der Waals surface area contributed by atoms with Crippen molar-refractivity contribution in [2.24, 2.45) is 7.05 Å². The molecule has 0 bridgehead atoms. The molecule has 0 spiro atoms. The van der Waals surface area contributed by atoms with E-state index in [9.17, 15) is 0 Å². The fourth-order valence-corrected chi connectivity index (χ4v) is 1.83. The van der Waals surface area contributed by atoms with Crippen LogP contribution in [0, 0.1) is 0 Å². The summed E-state index contributed by atoms with van der Waals surface area (Å²) in [4.78, 5) is 8.05. The maximum atomic E-state index is 5.31. The Bertz CT molecular complexity index is 482. The Kier molecular flexibility index (Phi) is 3.34. The molecule has 0 saturated carbocycles. The summed E-state index contributed by atoms with van der Waals surface area (Å²) in [5, 5.41) is 7.41. The Hall–Kier alpha value is -1.95. The highest BCUT2D eigenvalue weighted by Gasteiger charge is 2.21. The molecule has 1 N–H and O–H groups in total. The van der Waals surface area contributed by atoms with E-state index in [1.165, 1.54) is 6.33 Å². The number of hydrogen-bond donors (Lipinski definition) is 1. The van der Waals surface area contributed by atoms with Gasteiger partial charge in [0.05, 0.1) is 19.3 Å². The summed E-state index contributed by atoms with van der Waals surface area (Å²) >= 11 is 0. The number of hydrogen-bond acceptors (Lipinski definition) is 5. The lowest BCUT2D eigenvalue weighted by atomic mass is 10.1. The molecular formula is C11H15N5O. The molecule has 90 valence electrons. The van der Waals surface area contributed by atoms with Crippen molar-refractivity contribution in [2.75, 3.05) is 14.2 Å². The summed E-state index contributed by atoms with van der Waals surface area (Å²) in [5.41, 5.74) is 1.92. The summed E-state index contributed by atoms with van der Waals surface area (Å²) < 4.78 is 7.09. The molecule has 2 aromatic rings. The zero-order valence-electron chi connectivity index (χ0n) is 10.1. The molecule has 17 heavy (non-hydrogen) atoms. The number of methoxy groups -OCH3 is 1. The predicted octanol–water partition coefficient (Wildman–Crippen LogP) is 0.527. The fraction of sp³-hybridized carbons (Fsp3) is 0.364. The van der Waals surface area contributed by atoms with E-state index < -0.39 is 0 Å². The van der Waals surface area contributed by atoms with Crippen molar-refractivity contribution in [2.45, 2.75) is 6.04 Å². The minimum atomic E-state index is -0.0429. The molecule has 1 unspecified atom stereocenters. The minimum absolute atomic E-state index is 0.0429. The van der Waals surface area contributed by atoms with Crippen LogP contribution < -0.4 is 10.1 Å².